The van der Waals surface area contributed by atoms with Crippen molar-refractivity contribution in [3.8, 4) is 0 Å². The van der Waals surface area contributed by atoms with Gasteiger partial charge in [0.25, 0.3) is 0 Å². The number of imidazole rings is 1. The standard InChI is InChI=1S/C12H14N4O/c17-9-10-2-1-3-14-12(10)16-7-6-15-5-4-13-11(15)8-16/h1-5,17H,6-9H2. The van der Waals surface area contributed by atoms with Gasteiger partial charge in [-0.15, -0.1) is 0 Å². The molecule has 0 fully saturated rings. The normalized spacial score (nSPS) is 14.8. The van der Waals surface area contributed by atoms with Gasteiger partial charge in [-0.05, 0) is 6.07 Å². The number of rotatable bonds is 2. The first-order chi connectivity index (χ1) is 8.38. The molecule has 1 N–H and O–H groups in total. The maximum Gasteiger partial charge on any atom is 0.134 e. The predicted molar refractivity (Wildman–Crippen MR) is 63.4 cm³/mol. The number of pyridine rings is 1. The van der Waals surface area contributed by atoms with Crippen molar-refractivity contribution in [2.24, 2.45) is 0 Å². The van der Waals surface area contributed by atoms with Crippen LogP contribution in [0, 0.1) is 0 Å². The largest absolute Gasteiger partial charge is 0.392 e. The van der Waals surface area contributed by atoms with Crippen LogP contribution < -0.4 is 4.90 Å². The Morgan fingerprint density at radius 3 is 3.06 bits per heavy atom. The molecule has 0 aliphatic carbocycles. The molecule has 2 aromatic rings. The molecule has 0 atom stereocenters. The topological polar surface area (TPSA) is 54.2 Å². The highest BCUT2D eigenvalue weighted by Gasteiger charge is 2.19. The van der Waals surface area contributed by atoms with Gasteiger partial charge in [-0.2, -0.15) is 0 Å². The highest BCUT2D eigenvalue weighted by Crippen LogP contribution is 2.21. The van der Waals surface area contributed by atoms with Crippen LogP contribution >= 0.6 is 0 Å². The van der Waals surface area contributed by atoms with Crippen LogP contribution in [0.2, 0.25) is 0 Å². The molecule has 0 aromatic carbocycles. The lowest BCUT2D eigenvalue weighted by atomic mass is 10.2. The van der Waals surface area contributed by atoms with E-state index in [0.29, 0.717) is 0 Å². The molecule has 3 heterocycles. The van der Waals surface area contributed by atoms with Gasteiger partial charge in [-0.1, -0.05) is 6.07 Å². The molecule has 3 rings (SSSR count). The molecule has 88 valence electrons. The molecule has 1 aliphatic heterocycles. The van der Waals surface area contributed by atoms with E-state index in [4.69, 9.17) is 0 Å². The summed E-state index contributed by atoms with van der Waals surface area (Å²) in [6.07, 6.45) is 5.58. The van der Waals surface area contributed by atoms with Gasteiger partial charge in [0.1, 0.15) is 11.6 Å². The molecule has 0 saturated heterocycles. The van der Waals surface area contributed by atoms with E-state index in [1.807, 2.05) is 24.5 Å². The first-order valence-electron chi connectivity index (χ1n) is 5.68. The zero-order chi connectivity index (χ0) is 11.7. The van der Waals surface area contributed by atoms with Gasteiger partial charge in [0.15, 0.2) is 0 Å². The minimum Gasteiger partial charge on any atom is -0.392 e. The molecular weight excluding hydrogens is 216 g/mol. The number of hydrogen-bond donors (Lipinski definition) is 1. The molecule has 0 bridgehead atoms. The first-order valence-corrected chi connectivity index (χ1v) is 5.68. The summed E-state index contributed by atoms with van der Waals surface area (Å²) in [5, 5.41) is 9.32. The lowest BCUT2D eigenvalue weighted by Gasteiger charge is -2.29. The highest BCUT2D eigenvalue weighted by atomic mass is 16.3. The van der Waals surface area contributed by atoms with Gasteiger partial charge in [0, 0.05) is 37.2 Å². The van der Waals surface area contributed by atoms with Crippen molar-refractivity contribution in [3.05, 3.63) is 42.1 Å². The summed E-state index contributed by atoms with van der Waals surface area (Å²) in [7, 11) is 0. The Bertz CT molecular complexity index is 523. The number of hydrogen-bond acceptors (Lipinski definition) is 4. The Balaban J connectivity index is 1.91. The minimum absolute atomic E-state index is 0.0219. The number of nitrogens with zero attached hydrogens (tertiary/aromatic N) is 4. The number of aliphatic hydroxyl groups is 1. The second-order valence-electron chi connectivity index (χ2n) is 4.10. The lowest BCUT2D eigenvalue weighted by Crippen LogP contribution is -2.34. The van der Waals surface area contributed by atoms with E-state index in [2.05, 4.69) is 19.4 Å². The third-order valence-corrected chi connectivity index (χ3v) is 3.08. The summed E-state index contributed by atoms with van der Waals surface area (Å²) < 4.78 is 2.15. The van der Waals surface area contributed by atoms with Crippen LogP contribution in [0.15, 0.2) is 30.7 Å². The number of anilines is 1. The zero-order valence-electron chi connectivity index (χ0n) is 9.45. The van der Waals surface area contributed by atoms with E-state index in [1.165, 1.54) is 0 Å². The number of aromatic nitrogens is 3. The van der Waals surface area contributed by atoms with Gasteiger partial charge < -0.3 is 14.6 Å². The second-order valence-corrected chi connectivity index (χ2v) is 4.10. The van der Waals surface area contributed by atoms with E-state index in [9.17, 15) is 5.11 Å². The summed E-state index contributed by atoms with van der Waals surface area (Å²) in [6.45, 7) is 2.58. The van der Waals surface area contributed by atoms with Gasteiger partial charge >= 0.3 is 0 Å². The van der Waals surface area contributed by atoms with Crippen LogP contribution in [0.25, 0.3) is 0 Å². The van der Waals surface area contributed by atoms with Crippen molar-refractivity contribution < 1.29 is 5.11 Å². The minimum atomic E-state index is 0.0219. The van der Waals surface area contributed by atoms with Crippen LogP contribution in [0.1, 0.15) is 11.4 Å². The molecule has 1 aliphatic rings. The Morgan fingerprint density at radius 2 is 2.18 bits per heavy atom. The molecule has 2 aromatic heterocycles. The predicted octanol–water partition coefficient (Wildman–Crippen LogP) is 0.791. The average Bonchev–Trinajstić information content (AvgIpc) is 2.85. The van der Waals surface area contributed by atoms with Gasteiger partial charge in [-0.25, -0.2) is 9.97 Å². The monoisotopic (exact) mass is 230 g/mol. The Morgan fingerprint density at radius 1 is 1.24 bits per heavy atom. The summed E-state index contributed by atoms with van der Waals surface area (Å²) in [6, 6.07) is 3.75. The fraction of sp³-hybridized carbons (Fsp3) is 0.333. The molecule has 0 saturated carbocycles. The van der Waals surface area contributed by atoms with Gasteiger partial charge in [-0.3, -0.25) is 0 Å². The van der Waals surface area contributed by atoms with E-state index >= 15 is 0 Å². The summed E-state index contributed by atoms with van der Waals surface area (Å²) in [5.41, 5.74) is 0.868. The van der Waals surface area contributed by atoms with Crippen molar-refractivity contribution in [3.63, 3.8) is 0 Å². The van der Waals surface area contributed by atoms with Crippen molar-refractivity contribution in [1.82, 2.24) is 14.5 Å². The molecule has 0 radical (unpaired) electrons. The Labute approximate surface area is 99.4 Å². The fourth-order valence-corrected chi connectivity index (χ4v) is 2.19. The van der Waals surface area contributed by atoms with Crippen molar-refractivity contribution >= 4 is 5.82 Å². The smallest absolute Gasteiger partial charge is 0.134 e. The van der Waals surface area contributed by atoms with E-state index in [1.54, 1.807) is 6.20 Å². The molecule has 0 unspecified atom stereocenters. The maximum atomic E-state index is 9.32. The fourth-order valence-electron chi connectivity index (χ4n) is 2.19. The zero-order valence-corrected chi connectivity index (χ0v) is 9.45. The third-order valence-electron chi connectivity index (χ3n) is 3.08. The van der Waals surface area contributed by atoms with Crippen LogP contribution in [-0.2, 0) is 19.7 Å². The van der Waals surface area contributed by atoms with E-state index < -0.39 is 0 Å². The second kappa shape index (κ2) is 4.18. The van der Waals surface area contributed by atoms with Crippen LogP contribution in [0.3, 0.4) is 0 Å². The quantitative estimate of drug-likeness (QED) is 0.828. The van der Waals surface area contributed by atoms with E-state index in [-0.39, 0.29) is 6.61 Å². The first kappa shape index (κ1) is 10.3. The van der Waals surface area contributed by atoms with Crippen molar-refractivity contribution in [2.75, 3.05) is 11.4 Å². The average molecular weight is 230 g/mol. The van der Waals surface area contributed by atoms with Crippen LogP contribution in [0.5, 0.6) is 0 Å². The van der Waals surface area contributed by atoms with Gasteiger partial charge in [0.05, 0.1) is 13.2 Å². The van der Waals surface area contributed by atoms with Gasteiger partial charge in [0.2, 0.25) is 0 Å². The molecule has 5 nitrogen and oxygen atoms in total. The van der Waals surface area contributed by atoms with Crippen molar-refractivity contribution in [1.29, 1.82) is 0 Å². The molecule has 0 spiro atoms. The molecule has 0 amide bonds. The summed E-state index contributed by atoms with van der Waals surface area (Å²) >= 11 is 0. The maximum absolute atomic E-state index is 9.32. The SMILES string of the molecule is OCc1cccnc1N1CCn2ccnc2C1. The highest BCUT2D eigenvalue weighted by molar-refractivity contribution is 5.46. The summed E-state index contributed by atoms with van der Waals surface area (Å²) in [4.78, 5) is 10.8. The van der Waals surface area contributed by atoms with E-state index in [0.717, 1.165) is 36.8 Å². The number of fused-ring (bicyclic) bond motifs is 1. The molecule has 5 heteroatoms. The Kier molecular flexibility index (Phi) is 2.53. The van der Waals surface area contributed by atoms with Crippen molar-refractivity contribution in [2.45, 2.75) is 19.7 Å². The molecule has 17 heavy (non-hydrogen) atoms. The van der Waals surface area contributed by atoms with Crippen LogP contribution in [-0.4, -0.2) is 26.2 Å². The molecular formula is C12H14N4O. The lowest BCUT2D eigenvalue weighted by molar-refractivity contribution is 0.281. The summed E-state index contributed by atoms with van der Waals surface area (Å²) in [5.74, 6) is 1.91. The third kappa shape index (κ3) is 1.78. The number of aliphatic hydroxyl groups excluding tert-OH is 1. The Hall–Kier alpha value is -1.88. The van der Waals surface area contributed by atoms with Crippen LogP contribution in [0.4, 0.5) is 5.82 Å².